The fourth-order valence-corrected chi connectivity index (χ4v) is 3.54. The number of fused-ring (bicyclic) bond motifs is 3. The Kier molecular flexibility index (Phi) is 2.51. The van der Waals surface area contributed by atoms with Gasteiger partial charge in [0.05, 0.1) is 0 Å². The van der Waals surface area contributed by atoms with Crippen LogP contribution < -0.4 is 0 Å². The molecule has 0 aliphatic heterocycles. The molecule has 3 aromatic rings. The maximum Gasteiger partial charge on any atom is 0.00885 e. The quantitative estimate of drug-likeness (QED) is 0.417. The molecule has 0 bridgehead atoms. The van der Waals surface area contributed by atoms with Gasteiger partial charge in [0.25, 0.3) is 0 Å². The van der Waals surface area contributed by atoms with Crippen molar-refractivity contribution < 1.29 is 0 Å². The van der Waals surface area contributed by atoms with Crippen LogP contribution in [-0.4, -0.2) is 0 Å². The lowest BCUT2D eigenvalue weighted by molar-refractivity contribution is 0.654. The van der Waals surface area contributed by atoms with Crippen molar-refractivity contribution in [1.82, 2.24) is 0 Å². The van der Waals surface area contributed by atoms with Gasteiger partial charge in [-0.25, -0.2) is 0 Å². The zero-order chi connectivity index (χ0) is 14.4. The maximum absolute atomic E-state index is 3.40. The minimum Gasteiger partial charge on any atom is -0.129 e. The van der Waals surface area contributed by atoms with E-state index in [-0.39, 0.29) is 5.41 Å². The summed E-state index contributed by atoms with van der Waals surface area (Å²) in [4.78, 5) is 0. The molecule has 0 atom stereocenters. The molecular formula is C21H17-. The van der Waals surface area contributed by atoms with Crippen molar-refractivity contribution in [2.45, 2.75) is 19.3 Å². The summed E-state index contributed by atoms with van der Waals surface area (Å²) >= 11 is 0. The number of hydrogen-bond acceptors (Lipinski definition) is 0. The molecule has 0 heterocycles. The summed E-state index contributed by atoms with van der Waals surface area (Å²) in [7, 11) is 0. The van der Waals surface area contributed by atoms with E-state index in [2.05, 4.69) is 80.3 Å². The molecule has 0 unspecified atom stereocenters. The summed E-state index contributed by atoms with van der Waals surface area (Å²) in [6, 6.07) is 17.5. The van der Waals surface area contributed by atoms with Crippen molar-refractivity contribution in [3.63, 3.8) is 0 Å². The first-order valence-corrected chi connectivity index (χ1v) is 7.40. The first-order valence-electron chi connectivity index (χ1n) is 7.40. The summed E-state index contributed by atoms with van der Waals surface area (Å²) in [5.74, 6) is 0. The Morgan fingerprint density at radius 2 is 1.71 bits per heavy atom. The second kappa shape index (κ2) is 4.28. The van der Waals surface area contributed by atoms with Gasteiger partial charge >= 0.3 is 0 Å². The molecule has 0 saturated carbocycles. The lowest BCUT2D eigenvalue weighted by atomic mass is 9.77. The van der Waals surface area contributed by atoms with Crippen LogP contribution in [0.2, 0.25) is 0 Å². The summed E-state index contributed by atoms with van der Waals surface area (Å²) in [6.07, 6.45) is 6.26. The molecule has 1 aliphatic carbocycles. The highest BCUT2D eigenvalue weighted by molar-refractivity contribution is 6.15. The lowest BCUT2D eigenvalue weighted by Gasteiger charge is -2.28. The Hall–Kier alpha value is -2.43. The van der Waals surface area contributed by atoms with Gasteiger partial charge in [0.2, 0.25) is 0 Å². The van der Waals surface area contributed by atoms with Crippen LogP contribution in [0, 0.1) is 0 Å². The molecule has 0 radical (unpaired) electrons. The predicted molar refractivity (Wildman–Crippen MR) is 90.8 cm³/mol. The van der Waals surface area contributed by atoms with Crippen LogP contribution in [0.1, 0.15) is 19.4 Å². The van der Waals surface area contributed by atoms with Gasteiger partial charge in [0, 0.05) is 11.0 Å². The van der Waals surface area contributed by atoms with Gasteiger partial charge in [-0.05, 0) is 12.2 Å². The molecule has 0 heteroatoms. The molecule has 0 amide bonds. The summed E-state index contributed by atoms with van der Waals surface area (Å²) < 4.78 is 0. The highest BCUT2D eigenvalue weighted by atomic mass is 14.3. The average molecular weight is 269 g/mol. The lowest BCUT2D eigenvalue weighted by Crippen LogP contribution is -2.18. The smallest absolute Gasteiger partial charge is 0.00885 e. The third kappa shape index (κ3) is 1.67. The van der Waals surface area contributed by atoms with Crippen LogP contribution in [0.3, 0.4) is 0 Å². The summed E-state index contributed by atoms with van der Waals surface area (Å²) in [6.45, 7) is 4.60. The highest BCUT2D eigenvalue weighted by Gasteiger charge is 2.26. The second-order valence-corrected chi connectivity index (χ2v) is 6.17. The van der Waals surface area contributed by atoms with E-state index in [1.165, 1.54) is 32.7 Å². The number of benzene rings is 2. The van der Waals surface area contributed by atoms with Crippen molar-refractivity contribution >= 4 is 21.5 Å². The van der Waals surface area contributed by atoms with Crippen LogP contribution in [0.25, 0.3) is 21.5 Å². The zero-order valence-corrected chi connectivity index (χ0v) is 12.4. The molecule has 0 nitrogen and oxygen atoms in total. The number of hydrogen-bond donors (Lipinski definition) is 0. The van der Waals surface area contributed by atoms with Gasteiger partial charge in [-0.15, -0.1) is 46.2 Å². The van der Waals surface area contributed by atoms with Gasteiger partial charge in [-0.2, -0.15) is 0 Å². The van der Waals surface area contributed by atoms with E-state index in [1.807, 2.05) is 6.08 Å². The summed E-state index contributed by atoms with van der Waals surface area (Å²) in [5, 5.41) is 5.42. The molecule has 0 spiro atoms. The van der Waals surface area contributed by atoms with Crippen molar-refractivity contribution in [3.8, 4) is 0 Å². The highest BCUT2D eigenvalue weighted by Crippen LogP contribution is 2.44. The molecule has 0 aromatic heterocycles. The molecular weight excluding hydrogens is 252 g/mol. The van der Waals surface area contributed by atoms with E-state index >= 15 is 0 Å². The minimum absolute atomic E-state index is 0.0494. The molecule has 1 aliphatic rings. The van der Waals surface area contributed by atoms with Gasteiger partial charge in [0.15, 0.2) is 0 Å². The van der Waals surface area contributed by atoms with E-state index in [0.29, 0.717) is 0 Å². The largest absolute Gasteiger partial charge is 0.129 e. The monoisotopic (exact) mass is 269 g/mol. The Bertz CT molecular complexity index is 885. The zero-order valence-electron chi connectivity index (χ0n) is 12.4. The second-order valence-electron chi connectivity index (χ2n) is 6.17. The molecule has 0 saturated heterocycles. The van der Waals surface area contributed by atoms with Crippen LogP contribution in [0.5, 0.6) is 0 Å². The molecule has 0 N–H and O–H groups in total. The SMILES string of the molecule is CC(C)(C1=C=CC=C1)c1c2ccccc2c2cccc[c-]12. The maximum atomic E-state index is 3.40. The van der Waals surface area contributed by atoms with Gasteiger partial charge in [-0.1, -0.05) is 55.1 Å². The molecule has 21 heavy (non-hydrogen) atoms. The molecule has 0 fully saturated rings. The van der Waals surface area contributed by atoms with E-state index in [1.54, 1.807) is 0 Å². The average Bonchev–Trinajstić information content (AvgIpc) is 3.14. The summed E-state index contributed by atoms with van der Waals surface area (Å²) in [5.41, 5.74) is 6.01. The van der Waals surface area contributed by atoms with E-state index in [9.17, 15) is 0 Å². The van der Waals surface area contributed by atoms with Crippen LogP contribution in [0.15, 0.2) is 78.1 Å². The van der Waals surface area contributed by atoms with Crippen molar-refractivity contribution in [2.75, 3.05) is 0 Å². The van der Waals surface area contributed by atoms with E-state index in [0.717, 1.165) is 0 Å². The Morgan fingerprint density at radius 3 is 2.48 bits per heavy atom. The molecule has 102 valence electrons. The number of rotatable bonds is 2. The fourth-order valence-electron chi connectivity index (χ4n) is 3.54. The van der Waals surface area contributed by atoms with Gasteiger partial charge < -0.3 is 0 Å². The standard InChI is InChI=1S/C21H17/c1-21(2,15-9-3-4-10-15)20-18-13-7-5-11-16(18)17-12-6-8-14-19(17)20/h3-9,11-14H,1-2H3/q-1. The minimum atomic E-state index is -0.0494. The topological polar surface area (TPSA) is 0 Å². The predicted octanol–water partition coefficient (Wildman–Crippen LogP) is 5.64. The third-order valence-corrected chi connectivity index (χ3v) is 4.58. The van der Waals surface area contributed by atoms with Gasteiger partial charge in [0.1, 0.15) is 0 Å². The van der Waals surface area contributed by atoms with E-state index < -0.39 is 0 Å². The molecule has 4 rings (SSSR count). The fraction of sp³-hybridized carbons (Fsp3) is 0.143. The van der Waals surface area contributed by atoms with E-state index in [4.69, 9.17) is 0 Å². The van der Waals surface area contributed by atoms with Crippen LogP contribution in [0.4, 0.5) is 0 Å². The van der Waals surface area contributed by atoms with Gasteiger partial charge in [-0.3, -0.25) is 0 Å². The Balaban J connectivity index is 2.16. The van der Waals surface area contributed by atoms with Crippen molar-refractivity contribution in [1.29, 1.82) is 0 Å². The van der Waals surface area contributed by atoms with Crippen molar-refractivity contribution in [2.24, 2.45) is 0 Å². The Morgan fingerprint density at radius 1 is 0.952 bits per heavy atom. The Labute approximate surface area is 125 Å². The number of allylic oxidation sites excluding steroid dienone is 3. The first-order chi connectivity index (χ1) is 10.2. The van der Waals surface area contributed by atoms with Crippen LogP contribution in [-0.2, 0) is 5.41 Å². The van der Waals surface area contributed by atoms with Crippen molar-refractivity contribution in [3.05, 3.63) is 83.6 Å². The normalized spacial score (nSPS) is 14.3. The first kappa shape index (κ1) is 12.3. The molecule has 3 aromatic carbocycles. The van der Waals surface area contributed by atoms with Crippen LogP contribution >= 0.6 is 0 Å². The third-order valence-electron chi connectivity index (χ3n) is 4.58.